The van der Waals surface area contributed by atoms with Gasteiger partial charge in [0.05, 0.1) is 0 Å². The van der Waals surface area contributed by atoms with Gasteiger partial charge in [-0.3, -0.25) is 14.4 Å². The first-order valence-corrected chi connectivity index (χ1v) is 30.1. The summed E-state index contributed by atoms with van der Waals surface area (Å²) in [6.45, 7) is 6.47. The standard InChI is InChI=1S/C65H112O6/c1-4-7-10-13-16-19-22-24-26-28-30-32-34-36-38-40-43-46-49-52-55-58-64(67)70-61-62(60-69-63(66)57-54-51-48-45-42-21-18-15-12-9-6-3)71-65(68)59-56-53-50-47-44-41-39-37-35-33-31-29-27-25-23-20-17-14-11-8-5-2/h7,10,15-16,18-19,24,26,30,32,36,38,43,46,62H,4-6,8-9,11-14,17,20-23,25,27-29,31,33-35,37,39-42,44-45,47-61H2,1-3H3/b10-7-,18-15-,19-16-,26-24-,32-30-,38-36-,46-43-. The lowest BCUT2D eigenvalue weighted by Crippen LogP contribution is -2.30. The number of ether oxygens (including phenoxy) is 3. The molecule has 0 heterocycles. The van der Waals surface area contributed by atoms with E-state index in [-0.39, 0.29) is 31.1 Å². The van der Waals surface area contributed by atoms with Gasteiger partial charge in [0.1, 0.15) is 13.2 Å². The highest BCUT2D eigenvalue weighted by Gasteiger charge is 2.19. The number of unbranched alkanes of at least 4 members (excludes halogenated alkanes) is 29. The zero-order valence-electron chi connectivity index (χ0n) is 46.7. The van der Waals surface area contributed by atoms with Crippen LogP contribution in [0.2, 0.25) is 0 Å². The number of rotatable bonds is 54. The number of carbonyl (C=O) groups excluding carboxylic acids is 3. The normalized spacial score (nSPS) is 12.7. The summed E-state index contributed by atoms with van der Waals surface area (Å²) in [4.78, 5) is 38.2. The number of hydrogen-bond acceptors (Lipinski definition) is 6. The predicted molar refractivity (Wildman–Crippen MR) is 307 cm³/mol. The molecule has 0 aromatic rings. The highest BCUT2D eigenvalue weighted by molar-refractivity contribution is 5.71. The number of allylic oxidation sites excluding steroid dienone is 14. The summed E-state index contributed by atoms with van der Waals surface area (Å²) in [5.74, 6) is -0.938. The van der Waals surface area contributed by atoms with E-state index in [1.165, 1.54) is 148 Å². The summed E-state index contributed by atoms with van der Waals surface area (Å²) >= 11 is 0. The summed E-state index contributed by atoms with van der Waals surface area (Å²) in [5.41, 5.74) is 0. The fourth-order valence-corrected chi connectivity index (χ4v) is 8.37. The van der Waals surface area contributed by atoms with E-state index in [1.54, 1.807) is 0 Å². The van der Waals surface area contributed by atoms with E-state index < -0.39 is 6.10 Å². The van der Waals surface area contributed by atoms with E-state index in [9.17, 15) is 14.4 Å². The molecule has 0 rings (SSSR count). The largest absolute Gasteiger partial charge is 0.462 e. The maximum absolute atomic E-state index is 12.9. The minimum absolute atomic E-state index is 0.0930. The Morgan fingerprint density at radius 3 is 0.944 bits per heavy atom. The first-order valence-electron chi connectivity index (χ1n) is 30.1. The maximum atomic E-state index is 12.9. The van der Waals surface area contributed by atoms with Crippen molar-refractivity contribution in [2.75, 3.05) is 13.2 Å². The first kappa shape index (κ1) is 67.6. The lowest BCUT2D eigenvalue weighted by atomic mass is 10.0. The van der Waals surface area contributed by atoms with Crippen LogP contribution in [0.4, 0.5) is 0 Å². The molecule has 0 amide bonds. The average molecular weight is 990 g/mol. The van der Waals surface area contributed by atoms with Crippen molar-refractivity contribution < 1.29 is 28.6 Å². The van der Waals surface area contributed by atoms with Gasteiger partial charge in [0, 0.05) is 19.3 Å². The Morgan fingerprint density at radius 1 is 0.296 bits per heavy atom. The molecule has 6 nitrogen and oxygen atoms in total. The number of esters is 3. The van der Waals surface area contributed by atoms with Gasteiger partial charge in [-0.25, -0.2) is 0 Å². The van der Waals surface area contributed by atoms with Crippen molar-refractivity contribution in [3.8, 4) is 0 Å². The SMILES string of the molecule is CC/C=C\C/C=C\C/C=C\C/C=C\C/C=C\C/C=C\CCCCC(=O)OCC(COC(=O)CCCCCCC/C=C\CCCC)OC(=O)CCCCCCCCCCCCCCCCCCCCCCC. The Bertz CT molecular complexity index is 1370. The third-order valence-corrected chi connectivity index (χ3v) is 12.9. The molecule has 0 aromatic carbocycles. The van der Waals surface area contributed by atoms with Gasteiger partial charge in [0.2, 0.25) is 0 Å². The lowest BCUT2D eigenvalue weighted by Gasteiger charge is -2.18. The molecule has 0 fully saturated rings. The third kappa shape index (κ3) is 57.4. The van der Waals surface area contributed by atoms with Gasteiger partial charge in [0.15, 0.2) is 6.10 Å². The molecule has 71 heavy (non-hydrogen) atoms. The summed E-state index contributed by atoms with van der Waals surface area (Å²) < 4.78 is 16.8. The number of carbonyl (C=O) groups is 3. The van der Waals surface area contributed by atoms with Crippen LogP contribution < -0.4 is 0 Å². The zero-order valence-corrected chi connectivity index (χ0v) is 46.7. The maximum Gasteiger partial charge on any atom is 0.306 e. The van der Waals surface area contributed by atoms with E-state index >= 15 is 0 Å². The van der Waals surface area contributed by atoms with Gasteiger partial charge >= 0.3 is 17.9 Å². The van der Waals surface area contributed by atoms with Crippen molar-refractivity contribution in [1.82, 2.24) is 0 Å². The van der Waals surface area contributed by atoms with E-state index in [0.717, 1.165) is 103 Å². The van der Waals surface area contributed by atoms with E-state index in [2.05, 4.69) is 106 Å². The molecule has 0 saturated carbocycles. The van der Waals surface area contributed by atoms with Crippen LogP contribution in [0.25, 0.3) is 0 Å². The molecular formula is C65H112O6. The minimum atomic E-state index is -0.797. The Morgan fingerprint density at radius 2 is 0.563 bits per heavy atom. The first-order chi connectivity index (χ1) is 35.0. The van der Waals surface area contributed by atoms with Crippen LogP contribution >= 0.6 is 0 Å². The molecule has 408 valence electrons. The third-order valence-electron chi connectivity index (χ3n) is 12.9. The summed E-state index contributed by atoms with van der Waals surface area (Å²) in [7, 11) is 0. The van der Waals surface area contributed by atoms with Crippen LogP contribution in [0, 0.1) is 0 Å². The van der Waals surface area contributed by atoms with Crippen molar-refractivity contribution in [2.24, 2.45) is 0 Å². The lowest BCUT2D eigenvalue weighted by molar-refractivity contribution is -0.167. The Hall–Kier alpha value is -3.41. The Kier molecular flexibility index (Phi) is 56.3. The van der Waals surface area contributed by atoms with Crippen LogP contribution in [0.3, 0.4) is 0 Å². The molecule has 0 aliphatic rings. The second-order valence-electron chi connectivity index (χ2n) is 19.9. The van der Waals surface area contributed by atoms with E-state index in [1.807, 2.05) is 0 Å². The molecular weight excluding hydrogens is 877 g/mol. The van der Waals surface area contributed by atoms with E-state index in [0.29, 0.717) is 19.3 Å². The second-order valence-corrected chi connectivity index (χ2v) is 19.9. The molecule has 1 atom stereocenters. The van der Waals surface area contributed by atoms with Gasteiger partial charge in [-0.1, -0.05) is 266 Å². The summed E-state index contributed by atoms with van der Waals surface area (Å²) in [6, 6.07) is 0. The molecule has 0 N–H and O–H groups in total. The van der Waals surface area contributed by atoms with E-state index in [4.69, 9.17) is 14.2 Å². The smallest absolute Gasteiger partial charge is 0.306 e. The fourth-order valence-electron chi connectivity index (χ4n) is 8.37. The molecule has 0 aromatic heterocycles. The van der Waals surface area contributed by atoms with Crippen LogP contribution in [0.1, 0.15) is 290 Å². The topological polar surface area (TPSA) is 78.9 Å². The number of hydrogen-bond donors (Lipinski definition) is 0. The van der Waals surface area contributed by atoms with Crippen molar-refractivity contribution in [3.63, 3.8) is 0 Å². The van der Waals surface area contributed by atoms with Crippen molar-refractivity contribution >= 4 is 17.9 Å². The van der Waals surface area contributed by atoms with Crippen LogP contribution in [0.15, 0.2) is 85.1 Å². The molecule has 0 aliphatic carbocycles. The molecule has 0 bridgehead atoms. The molecule has 6 heteroatoms. The molecule has 0 aliphatic heterocycles. The van der Waals surface area contributed by atoms with Gasteiger partial charge in [0.25, 0.3) is 0 Å². The highest BCUT2D eigenvalue weighted by Crippen LogP contribution is 2.16. The second kappa shape index (κ2) is 59.2. The minimum Gasteiger partial charge on any atom is -0.462 e. The Balaban J connectivity index is 4.37. The van der Waals surface area contributed by atoms with Gasteiger partial charge in [-0.05, 0) is 89.9 Å². The Labute approximate surface area is 439 Å². The molecule has 1 unspecified atom stereocenters. The van der Waals surface area contributed by atoms with Crippen LogP contribution in [-0.4, -0.2) is 37.2 Å². The quantitative estimate of drug-likeness (QED) is 0.0261. The van der Waals surface area contributed by atoms with Crippen molar-refractivity contribution in [1.29, 1.82) is 0 Å². The summed E-state index contributed by atoms with van der Waals surface area (Å²) in [6.07, 6.45) is 77.3. The fraction of sp³-hybridized carbons (Fsp3) is 0.738. The van der Waals surface area contributed by atoms with Gasteiger partial charge < -0.3 is 14.2 Å². The average Bonchev–Trinajstić information content (AvgIpc) is 3.37. The molecule has 0 spiro atoms. The van der Waals surface area contributed by atoms with Crippen molar-refractivity contribution in [3.05, 3.63) is 85.1 Å². The van der Waals surface area contributed by atoms with Crippen LogP contribution in [-0.2, 0) is 28.6 Å². The van der Waals surface area contributed by atoms with Crippen molar-refractivity contribution in [2.45, 2.75) is 297 Å². The zero-order chi connectivity index (χ0) is 51.4. The van der Waals surface area contributed by atoms with Gasteiger partial charge in [-0.15, -0.1) is 0 Å². The monoisotopic (exact) mass is 989 g/mol. The van der Waals surface area contributed by atoms with Crippen LogP contribution in [0.5, 0.6) is 0 Å². The molecule has 0 radical (unpaired) electrons. The molecule has 0 saturated heterocycles. The highest BCUT2D eigenvalue weighted by atomic mass is 16.6. The summed E-state index contributed by atoms with van der Waals surface area (Å²) in [5, 5.41) is 0. The predicted octanol–water partition coefficient (Wildman–Crippen LogP) is 20.3. The van der Waals surface area contributed by atoms with Gasteiger partial charge in [-0.2, -0.15) is 0 Å².